The van der Waals surface area contributed by atoms with Gasteiger partial charge in [-0.3, -0.25) is 18.3 Å². The van der Waals surface area contributed by atoms with Gasteiger partial charge in [0.1, 0.15) is 0 Å². The first kappa shape index (κ1) is 19.3. The van der Waals surface area contributed by atoms with Crippen LogP contribution in [0.5, 0.6) is 0 Å². The second-order valence-corrected chi connectivity index (χ2v) is 9.16. The van der Waals surface area contributed by atoms with Gasteiger partial charge in [-0.15, -0.1) is 0 Å². The fraction of sp³-hybridized carbons (Fsp3) is 0.700. The largest absolute Gasteiger partial charge is 0.369 e. The highest BCUT2D eigenvalue weighted by atomic mass is 31.2. The molecule has 5 N–H and O–H groups in total. The van der Waals surface area contributed by atoms with Crippen molar-refractivity contribution in [1.29, 1.82) is 0 Å². The Balaban J connectivity index is 3.00. The molecule has 0 aliphatic carbocycles. The van der Waals surface area contributed by atoms with E-state index < -0.39 is 26.7 Å². The Morgan fingerprint density at radius 3 is 1.82 bits per heavy atom. The van der Waals surface area contributed by atoms with Crippen molar-refractivity contribution in [1.82, 2.24) is 9.13 Å². The van der Waals surface area contributed by atoms with E-state index in [2.05, 4.69) is 0 Å². The van der Waals surface area contributed by atoms with Crippen LogP contribution in [0.25, 0.3) is 0 Å². The van der Waals surface area contributed by atoms with E-state index in [4.69, 9.17) is 19.6 Å². The van der Waals surface area contributed by atoms with Gasteiger partial charge in [0.15, 0.2) is 0 Å². The lowest BCUT2D eigenvalue weighted by atomic mass is 10.1. The van der Waals surface area contributed by atoms with E-state index in [1.54, 1.807) is 14.0 Å². The molecule has 0 saturated carbocycles. The Kier molecular flexibility index (Phi) is 5.31. The third-order valence-electron chi connectivity index (χ3n) is 3.76. The summed E-state index contributed by atoms with van der Waals surface area (Å²) in [6, 6.07) is 0. The van der Waals surface area contributed by atoms with Gasteiger partial charge in [0.05, 0.1) is 0 Å². The van der Waals surface area contributed by atoms with Gasteiger partial charge in [-0.1, -0.05) is 0 Å². The molecule has 10 nitrogen and oxygen atoms in total. The lowest BCUT2D eigenvalue weighted by Crippen LogP contribution is -2.28. The Morgan fingerprint density at radius 1 is 1.05 bits per heavy atom. The number of hydrogen-bond donors (Lipinski definition) is 5. The number of hydrogen-bond acceptors (Lipinski definition) is 4. The van der Waals surface area contributed by atoms with Crippen LogP contribution in [-0.2, 0) is 29.6 Å². The molecule has 0 amide bonds. The summed E-state index contributed by atoms with van der Waals surface area (Å²) < 4.78 is 25.2. The summed E-state index contributed by atoms with van der Waals surface area (Å²) in [4.78, 5) is 47.9. The van der Waals surface area contributed by atoms with Gasteiger partial charge in [0.25, 0.3) is 5.08 Å². The standard InChI is InChI=1S/C10H20N2O8P2/c1-7-8(12(3)9(13)11(7)2)5-4-6-10(14,21(15,16)17)22(18,19)20/h14H,4-6H2,1-3H3,(H2,15,16,17)(H2,18,19,20). The summed E-state index contributed by atoms with van der Waals surface area (Å²) >= 11 is 0. The van der Waals surface area contributed by atoms with Gasteiger partial charge in [0, 0.05) is 31.9 Å². The van der Waals surface area contributed by atoms with Crippen molar-refractivity contribution in [2.75, 3.05) is 0 Å². The van der Waals surface area contributed by atoms with Gasteiger partial charge < -0.3 is 24.7 Å². The van der Waals surface area contributed by atoms with Crippen molar-refractivity contribution in [2.45, 2.75) is 31.3 Å². The van der Waals surface area contributed by atoms with E-state index >= 15 is 0 Å². The summed E-state index contributed by atoms with van der Waals surface area (Å²) in [5.41, 5.74) is 0.905. The molecule has 22 heavy (non-hydrogen) atoms. The van der Waals surface area contributed by atoms with Gasteiger partial charge >= 0.3 is 20.9 Å². The second kappa shape index (κ2) is 6.05. The quantitative estimate of drug-likeness (QED) is 0.419. The van der Waals surface area contributed by atoms with Crippen LogP contribution in [0.1, 0.15) is 24.2 Å². The maximum atomic E-state index is 11.7. The summed E-state index contributed by atoms with van der Waals surface area (Å²) in [7, 11) is -7.80. The fourth-order valence-corrected chi connectivity index (χ4v) is 4.48. The van der Waals surface area contributed by atoms with Gasteiger partial charge in [0.2, 0.25) is 0 Å². The van der Waals surface area contributed by atoms with Crippen LogP contribution >= 0.6 is 15.2 Å². The highest BCUT2D eigenvalue weighted by Gasteiger charge is 2.58. The minimum Gasteiger partial charge on any atom is -0.368 e. The fourth-order valence-electron chi connectivity index (χ4n) is 2.22. The lowest BCUT2D eigenvalue weighted by molar-refractivity contribution is 0.121. The maximum absolute atomic E-state index is 11.7. The molecule has 0 aliphatic rings. The molecule has 1 rings (SSSR count). The number of imidazole rings is 1. The Morgan fingerprint density at radius 2 is 1.50 bits per heavy atom. The summed E-state index contributed by atoms with van der Waals surface area (Å²) in [5.74, 6) is 0. The third-order valence-corrected chi connectivity index (χ3v) is 7.63. The predicted octanol–water partition coefficient (Wildman–Crippen LogP) is -0.644. The highest BCUT2D eigenvalue weighted by molar-refractivity contribution is 7.72. The Bertz CT molecular complexity index is 687. The van der Waals surface area contributed by atoms with E-state index in [0.29, 0.717) is 11.4 Å². The second-order valence-electron chi connectivity index (χ2n) is 5.15. The van der Waals surface area contributed by atoms with Crippen molar-refractivity contribution >= 4 is 15.2 Å². The number of rotatable bonds is 6. The maximum Gasteiger partial charge on any atom is 0.369 e. The molecule has 0 bridgehead atoms. The predicted molar refractivity (Wildman–Crippen MR) is 77.4 cm³/mol. The topological polar surface area (TPSA) is 162 Å². The van der Waals surface area contributed by atoms with E-state index in [-0.39, 0.29) is 18.5 Å². The first-order valence-corrected chi connectivity index (χ1v) is 9.51. The first-order chi connectivity index (χ1) is 9.74. The lowest BCUT2D eigenvalue weighted by Gasteiger charge is -2.29. The molecular weight excluding hydrogens is 338 g/mol. The zero-order valence-electron chi connectivity index (χ0n) is 12.4. The minimum atomic E-state index is -5.44. The van der Waals surface area contributed by atoms with Gasteiger partial charge in [-0.25, -0.2) is 4.79 Å². The van der Waals surface area contributed by atoms with Crippen LogP contribution in [0.4, 0.5) is 0 Å². The monoisotopic (exact) mass is 358 g/mol. The molecule has 12 heteroatoms. The van der Waals surface area contributed by atoms with Crippen LogP contribution in [0.3, 0.4) is 0 Å². The molecule has 0 saturated heterocycles. The summed E-state index contributed by atoms with van der Waals surface area (Å²) in [5, 5.41) is 6.35. The van der Waals surface area contributed by atoms with Crippen LogP contribution in [-0.4, -0.2) is 38.9 Å². The van der Waals surface area contributed by atoms with Crippen LogP contribution in [0, 0.1) is 6.92 Å². The average molecular weight is 358 g/mol. The molecule has 1 aromatic heterocycles. The first-order valence-electron chi connectivity index (χ1n) is 6.29. The van der Waals surface area contributed by atoms with Gasteiger partial charge in [-0.2, -0.15) is 0 Å². The van der Waals surface area contributed by atoms with Crippen molar-refractivity contribution in [2.24, 2.45) is 14.1 Å². The molecule has 0 aliphatic heterocycles. The molecule has 0 spiro atoms. The van der Waals surface area contributed by atoms with Crippen molar-refractivity contribution in [3.8, 4) is 0 Å². The van der Waals surface area contributed by atoms with Crippen LogP contribution in [0.15, 0.2) is 4.79 Å². The molecule has 0 atom stereocenters. The zero-order chi connectivity index (χ0) is 17.5. The summed E-state index contributed by atoms with van der Waals surface area (Å²) in [6.45, 7) is 1.68. The van der Waals surface area contributed by atoms with E-state index in [1.807, 2.05) is 0 Å². The highest BCUT2D eigenvalue weighted by Crippen LogP contribution is 2.69. The molecule has 0 aromatic carbocycles. The molecule has 0 fully saturated rings. The summed E-state index contributed by atoms with van der Waals surface area (Å²) in [6.07, 6.45) is -0.796. The molecular formula is C10H20N2O8P2. The molecule has 0 unspecified atom stereocenters. The van der Waals surface area contributed by atoms with E-state index in [0.717, 1.165) is 0 Å². The Hall–Kier alpha value is -0.730. The SMILES string of the molecule is Cc1c(CCCC(O)(P(=O)(O)O)P(=O)(O)O)n(C)c(=O)n1C. The van der Waals surface area contributed by atoms with Crippen molar-refractivity contribution < 1.29 is 33.8 Å². The van der Waals surface area contributed by atoms with E-state index in [1.165, 1.54) is 16.2 Å². The molecule has 1 heterocycles. The van der Waals surface area contributed by atoms with Gasteiger partial charge in [-0.05, 0) is 19.8 Å². The molecule has 128 valence electrons. The van der Waals surface area contributed by atoms with E-state index in [9.17, 15) is 19.0 Å². The van der Waals surface area contributed by atoms with Crippen molar-refractivity contribution in [3.63, 3.8) is 0 Å². The number of nitrogens with zero attached hydrogens (tertiary/aromatic N) is 2. The Labute approximate surface area is 126 Å². The smallest absolute Gasteiger partial charge is 0.368 e. The zero-order valence-corrected chi connectivity index (χ0v) is 14.2. The number of aromatic nitrogens is 2. The van der Waals surface area contributed by atoms with Crippen LogP contribution < -0.4 is 5.69 Å². The third kappa shape index (κ3) is 3.28. The van der Waals surface area contributed by atoms with Crippen molar-refractivity contribution in [3.05, 3.63) is 21.9 Å². The normalized spacial score (nSPS) is 13.6. The minimum absolute atomic E-state index is 0.120. The number of aliphatic hydroxyl groups is 1. The molecule has 0 radical (unpaired) electrons. The average Bonchev–Trinajstić information content (AvgIpc) is 2.53. The van der Waals surface area contributed by atoms with Crippen LogP contribution in [0.2, 0.25) is 0 Å². The molecule has 1 aromatic rings.